The summed E-state index contributed by atoms with van der Waals surface area (Å²) in [4.78, 5) is 6.77. The van der Waals surface area contributed by atoms with Gasteiger partial charge in [0.2, 0.25) is 0 Å². The van der Waals surface area contributed by atoms with Crippen molar-refractivity contribution in [3.8, 4) is 5.75 Å². The largest absolute Gasteiger partial charge is 0.491 e. The van der Waals surface area contributed by atoms with Crippen LogP contribution in [0, 0.1) is 0 Å². The molecule has 3 aromatic rings. The molecule has 0 unspecified atom stereocenters. The van der Waals surface area contributed by atoms with Crippen molar-refractivity contribution in [3.05, 3.63) is 71.9 Å². The van der Waals surface area contributed by atoms with Crippen LogP contribution in [0.25, 0.3) is 10.9 Å². The molecule has 1 aliphatic heterocycles. The summed E-state index contributed by atoms with van der Waals surface area (Å²) >= 11 is 0. The SMILES string of the molecule is CN(Cc1ccccc1OC[C@H]1CCCO1)Cc1cccc2ncccc12. The fourth-order valence-electron chi connectivity index (χ4n) is 3.68. The second-order valence-corrected chi connectivity index (χ2v) is 7.21. The van der Waals surface area contributed by atoms with Gasteiger partial charge in [0, 0.05) is 36.8 Å². The predicted molar refractivity (Wildman–Crippen MR) is 108 cm³/mol. The van der Waals surface area contributed by atoms with Crippen molar-refractivity contribution in [3.63, 3.8) is 0 Å². The minimum atomic E-state index is 0.235. The molecule has 4 heteroatoms. The highest BCUT2D eigenvalue weighted by molar-refractivity contribution is 5.81. The Morgan fingerprint density at radius 3 is 2.78 bits per heavy atom. The molecular weight excluding hydrogens is 336 g/mol. The summed E-state index contributed by atoms with van der Waals surface area (Å²) in [5.74, 6) is 0.958. The molecule has 1 atom stereocenters. The third kappa shape index (κ3) is 4.46. The van der Waals surface area contributed by atoms with Gasteiger partial charge in [-0.1, -0.05) is 36.4 Å². The number of aromatic nitrogens is 1. The molecule has 1 aliphatic rings. The molecule has 0 spiro atoms. The van der Waals surface area contributed by atoms with Crippen molar-refractivity contribution in [1.82, 2.24) is 9.88 Å². The molecule has 2 aromatic carbocycles. The molecule has 0 radical (unpaired) electrons. The van der Waals surface area contributed by atoms with Crippen LogP contribution >= 0.6 is 0 Å². The predicted octanol–water partition coefficient (Wildman–Crippen LogP) is 4.42. The van der Waals surface area contributed by atoms with Crippen LogP contribution in [-0.4, -0.2) is 36.2 Å². The zero-order valence-corrected chi connectivity index (χ0v) is 15.8. The molecule has 2 heterocycles. The fraction of sp³-hybridized carbons (Fsp3) is 0.348. The lowest BCUT2D eigenvalue weighted by Crippen LogP contribution is -2.20. The second-order valence-electron chi connectivity index (χ2n) is 7.21. The molecule has 27 heavy (non-hydrogen) atoms. The van der Waals surface area contributed by atoms with Crippen molar-refractivity contribution >= 4 is 10.9 Å². The maximum atomic E-state index is 6.08. The van der Waals surface area contributed by atoms with Gasteiger partial charge in [0.25, 0.3) is 0 Å². The van der Waals surface area contributed by atoms with Crippen LogP contribution in [0.5, 0.6) is 5.75 Å². The molecule has 1 aromatic heterocycles. The number of ether oxygens (including phenoxy) is 2. The lowest BCUT2D eigenvalue weighted by Gasteiger charge is -2.20. The van der Waals surface area contributed by atoms with Crippen molar-refractivity contribution in [2.45, 2.75) is 32.0 Å². The van der Waals surface area contributed by atoms with Crippen LogP contribution in [0.15, 0.2) is 60.8 Å². The smallest absolute Gasteiger partial charge is 0.123 e. The van der Waals surface area contributed by atoms with Gasteiger partial charge in [0.05, 0.1) is 11.6 Å². The van der Waals surface area contributed by atoms with E-state index >= 15 is 0 Å². The van der Waals surface area contributed by atoms with E-state index in [1.165, 1.54) is 16.5 Å². The number of hydrogen-bond acceptors (Lipinski definition) is 4. The molecule has 4 rings (SSSR count). The lowest BCUT2D eigenvalue weighted by molar-refractivity contribution is 0.0673. The van der Waals surface area contributed by atoms with Gasteiger partial charge in [0.1, 0.15) is 12.4 Å². The monoisotopic (exact) mass is 362 g/mol. The molecular formula is C23H26N2O2. The Balaban J connectivity index is 1.44. The van der Waals surface area contributed by atoms with Crippen LogP contribution in [0.1, 0.15) is 24.0 Å². The average molecular weight is 362 g/mol. The molecule has 0 N–H and O–H groups in total. The van der Waals surface area contributed by atoms with Crippen molar-refractivity contribution in [2.75, 3.05) is 20.3 Å². The number of nitrogens with zero attached hydrogens (tertiary/aromatic N) is 2. The van der Waals surface area contributed by atoms with Gasteiger partial charge in [-0.3, -0.25) is 9.88 Å². The minimum absolute atomic E-state index is 0.235. The van der Waals surface area contributed by atoms with E-state index < -0.39 is 0 Å². The number of hydrogen-bond donors (Lipinski definition) is 0. The molecule has 0 saturated carbocycles. The Bertz CT molecular complexity index is 885. The number of benzene rings is 2. The Labute approximate surface area is 160 Å². The van der Waals surface area contributed by atoms with E-state index in [-0.39, 0.29) is 6.10 Å². The van der Waals surface area contributed by atoms with E-state index in [4.69, 9.17) is 9.47 Å². The molecule has 0 amide bonds. The molecule has 0 bridgehead atoms. The minimum Gasteiger partial charge on any atom is -0.491 e. The van der Waals surface area contributed by atoms with Gasteiger partial charge in [-0.25, -0.2) is 0 Å². The van der Waals surface area contributed by atoms with E-state index in [0.717, 1.165) is 43.8 Å². The first-order chi connectivity index (χ1) is 13.3. The highest BCUT2D eigenvalue weighted by Gasteiger charge is 2.17. The quantitative estimate of drug-likeness (QED) is 0.623. The van der Waals surface area contributed by atoms with E-state index in [2.05, 4.69) is 59.4 Å². The molecule has 0 aliphatic carbocycles. The van der Waals surface area contributed by atoms with Crippen LogP contribution in [0.2, 0.25) is 0 Å². The summed E-state index contributed by atoms with van der Waals surface area (Å²) in [6.07, 6.45) is 4.31. The number of rotatable bonds is 7. The average Bonchev–Trinajstić information content (AvgIpc) is 3.21. The van der Waals surface area contributed by atoms with Crippen molar-refractivity contribution < 1.29 is 9.47 Å². The van der Waals surface area contributed by atoms with Gasteiger partial charge >= 0.3 is 0 Å². The van der Waals surface area contributed by atoms with Crippen LogP contribution < -0.4 is 4.74 Å². The van der Waals surface area contributed by atoms with E-state index in [9.17, 15) is 0 Å². The maximum absolute atomic E-state index is 6.08. The zero-order chi connectivity index (χ0) is 18.5. The first-order valence-electron chi connectivity index (χ1n) is 9.63. The van der Waals surface area contributed by atoms with E-state index in [1.807, 2.05) is 18.3 Å². The fourth-order valence-corrected chi connectivity index (χ4v) is 3.68. The van der Waals surface area contributed by atoms with Crippen LogP contribution in [0.4, 0.5) is 0 Å². The Morgan fingerprint density at radius 1 is 1.04 bits per heavy atom. The Kier molecular flexibility index (Phi) is 5.66. The molecule has 1 saturated heterocycles. The second kappa shape index (κ2) is 8.51. The van der Waals surface area contributed by atoms with Gasteiger partial charge in [-0.05, 0) is 43.7 Å². The first-order valence-corrected chi connectivity index (χ1v) is 9.63. The zero-order valence-electron chi connectivity index (χ0n) is 15.8. The first kappa shape index (κ1) is 18.0. The highest BCUT2D eigenvalue weighted by atomic mass is 16.5. The molecule has 4 nitrogen and oxygen atoms in total. The van der Waals surface area contributed by atoms with E-state index in [0.29, 0.717) is 6.61 Å². The number of pyridine rings is 1. The van der Waals surface area contributed by atoms with Crippen LogP contribution in [-0.2, 0) is 17.8 Å². The summed E-state index contributed by atoms with van der Waals surface area (Å²) in [6.45, 7) is 3.19. The molecule has 1 fully saturated rings. The van der Waals surface area contributed by atoms with E-state index in [1.54, 1.807) is 0 Å². The Hall–Kier alpha value is -2.43. The van der Waals surface area contributed by atoms with Gasteiger partial charge in [-0.15, -0.1) is 0 Å². The number of para-hydroxylation sites is 1. The maximum Gasteiger partial charge on any atom is 0.123 e. The molecule has 140 valence electrons. The lowest BCUT2D eigenvalue weighted by atomic mass is 10.1. The number of fused-ring (bicyclic) bond motifs is 1. The summed E-state index contributed by atoms with van der Waals surface area (Å²) in [6, 6.07) is 18.8. The van der Waals surface area contributed by atoms with Gasteiger partial charge in [-0.2, -0.15) is 0 Å². The van der Waals surface area contributed by atoms with Gasteiger partial charge < -0.3 is 9.47 Å². The third-order valence-electron chi connectivity index (χ3n) is 5.04. The van der Waals surface area contributed by atoms with Crippen molar-refractivity contribution in [1.29, 1.82) is 0 Å². The summed E-state index contributed by atoms with van der Waals surface area (Å²) < 4.78 is 11.8. The Morgan fingerprint density at radius 2 is 1.89 bits per heavy atom. The third-order valence-corrected chi connectivity index (χ3v) is 5.04. The van der Waals surface area contributed by atoms with Crippen LogP contribution in [0.3, 0.4) is 0 Å². The van der Waals surface area contributed by atoms with Gasteiger partial charge in [0.15, 0.2) is 0 Å². The standard InChI is InChI=1S/C23H26N2O2/c1-25(15-18-8-4-11-22-21(18)10-5-13-24-22)16-19-7-2-3-12-23(19)27-17-20-9-6-14-26-20/h2-5,7-8,10-13,20H,6,9,14-17H2,1H3/t20-/m1/s1. The summed E-state index contributed by atoms with van der Waals surface area (Å²) in [7, 11) is 2.14. The topological polar surface area (TPSA) is 34.6 Å². The summed E-state index contributed by atoms with van der Waals surface area (Å²) in [5, 5.41) is 1.22. The summed E-state index contributed by atoms with van der Waals surface area (Å²) in [5.41, 5.74) is 3.54. The highest BCUT2D eigenvalue weighted by Crippen LogP contribution is 2.23. The van der Waals surface area contributed by atoms with Crippen molar-refractivity contribution in [2.24, 2.45) is 0 Å². The normalized spacial score (nSPS) is 16.9.